The first-order valence-corrected chi connectivity index (χ1v) is 16.9. The Morgan fingerprint density at radius 1 is 1.06 bits per heavy atom. The maximum atomic E-state index is 15.4. The molecule has 0 radical (unpaired) electrons. The molecule has 0 aliphatic carbocycles. The Bertz CT molecular complexity index is 1960. The zero-order chi connectivity index (χ0) is 34.5. The molecule has 3 aromatic carbocycles. The summed E-state index contributed by atoms with van der Waals surface area (Å²) in [5, 5.41) is 3.22. The van der Waals surface area contributed by atoms with Crippen LogP contribution < -0.4 is 10.5 Å². The number of H-pyrrole nitrogens is 1. The molecular formula is C39H41F2N3O3S. The van der Waals surface area contributed by atoms with Crippen molar-refractivity contribution in [3.63, 3.8) is 0 Å². The van der Waals surface area contributed by atoms with E-state index in [1.807, 2.05) is 23.6 Å². The number of halogens is 2. The summed E-state index contributed by atoms with van der Waals surface area (Å²) >= 11 is 1.34. The fraction of sp³-hybridized carbons (Fsp3) is 0.333. The number of nitrogens with two attached hydrogens (primary N) is 1. The molecule has 48 heavy (non-hydrogen) atoms. The summed E-state index contributed by atoms with van der Waals surface area (Å²) in [5.41, 5.74) is 9.57. The maximum absolute atomic E-state index is 15.4. The lowest BCUT2D eigenvalue weighted by molar-refractivity contribution is -0.140. The number of unbranched alkanes of at least 4 members (excludes halogenated alkanes) is 1. The van der Waals surface area contributed by atoms with Crippen LogP contribution in [0.2, 0.25) is 0 Å². The van der Waals surface area contributed by atoms with E-state index in [-0.39, 0.29) is 41.4 Å². The topological polar surface area (TPSA) is 90.2 Å². The van der Waals surface area contributed by atoms with Crippen molar-refractivity contribution in [1.29, 1.82) is 0 Å². The van der Waals surface area contributed by atoms with Crippen molar-refractivity contribution in [3.8, 4) is 34.4 Å². The van der Waals surface area contributed by atoms with E-state index >= 15 is 8.78 Å². The number of esters is 1. The minimum atomic E-state index is -0.567. The first kappa shape index (κ1) is 34.8. The van der Waals surface area contributed by atoms with Crippen molar-refractivity contribution in [1.82, 2.24) is 9.97 Å². The molecule has 2 heterocycles. The Hall–Kier alpha value is -4.52. The minimum Gasteiger partial charge on any atom is -0.469 e. The molecule has 250 valence electrons. The number of terminal acetylenes is 1. The summed E-state index contributed by atoms with van der Waals surface area (Å²) in [6.45, 7) is 6.36. The van der Waals surface area contributed by atoms with Crippen LogP contribution in [-0.2, 0) is 27.9 Å². The lowest BCUT2D eigenvalue weighted by Gasteiger charge is -2.30. The number of carbonyl (C=O) groups is 1. The van der Waals surface area contributed by atoms with Gasteiger partial charge in [-0.05, 0) is 75.4 Å². The molecule has 1 unspecified atom stereocenters. The predicted molar refractivity (Wildman–Crippen MR) is 188 cm³/mol. The monoisotopic (exact) mass is 669 g/mol. The number of carbonyl (C=O) groups excluding carboxylic acids is 1. The second kappa shape index (κ2) is 14.7. The van der Waals surface area contributed by atoms with E-state index in [2.05, 4.69) is 43.8 Å². The molecule has 0 saturated carbocycles. The molecule has 0 aliphatic heterocycles. The normalized spacial score (nSPS) is 12.9. The second-order valence-electron chi connectivity index (χ2n) is 12.9. The van der Waals surface area contributed by atoms with E-state index in [0.29, 0.717) is 22.5 Å². The van der Waals surface area contributed by atoms with Crippen LogP contribution in [0.25, 0.3) is 21.5 Å². The highest BCUT2D eigenvalue weighted by Gasteiger charge is 2.32. The number of nitrogens with one attached hydrogen (secondary N) is 1. The molecular weight excluding hydrogens is 629 g/mol. The molecule has 5 rings (SSSR count). The molecule has 2 aromatic heterocycles. The number of hydrogen-bond acceptors (Lipinski definition) is 6. The first-order valence-electron chi connectivity index (χ1n) is 16.0. The molecule has 0 amide bonds. The highest BCUT2D eigenvalue weighted by molar-refractivity contribution is 7.13. The number of nitrogens with zero attached hydrogens (tertiary/aromatic N) is 1. The third-order valence-corrected chi connectivity index (χ3v) is 9.93. The van der Waals surface area contributed by atoms with Crippen LogP contribution >= 0.6 is 11.3 Å². The number of thiazole rings is 1. The SMILES string of the molecule is C#CC(C)(C)CCCCC(C)(c1cccc(CCC(=O)OC)c1)c1csc(-c2cc(Oc3c(F)cc4[nH]ccc4c3CN)ccc2F)n1. The first-order chi connectivity index (χ1) is 23.0. The van der Waals surface area contributed by atoms with Gasteiger partial charge >= 0.3 is 5.97 Å². The molecule has 6 nitrogen and oxygen atoms in total. The summed E-state index contributed by atoms with van der Waals surface area (Å²) in [4.78, 5) is 19.8. The molecule has 0 spiro atoms. The lowest BCUT2D eigenvalue weighted by Crippen LogP contribution is -2.25. The van der Waals surface area contributed by atoms with Crippen LogP contribution in [0, 0.1) is 29.4 Å². The molecule has 0 aliphatic rings. The van der Waals surface area contributed by atoms with Gasteiger partial charge in [-0.1, -0.05) is 37.1 Å². The second-order valence-corrected chi connectivity index (χ2v) is 13.8. The number of fused-ring (bicyclic) bond motifs is 1. The fourth-order valence-corrected chi connectivity index (χ4v) is 6.96. The van der Waals surface area contributed by atoms with E-state index < -0.39 is 17.0 Å². The van der Waals surface area contributed by atoms with Gasteiger partial charge in [-0.3, -0.25) is 4.79 Å². The Labute approximate surface area is 284 Å². The Balaban J connectivity index is 1.47. The standard InChI is InChI=1S/C39H41F2N3O3S/c1-6-38(2,3)17-7-8-18-39(4,26-11-9-10-25(20-26)12-15-35(45)46-5)34-24-48-37(44-34)29-21-27(13-14-31(29)40)47-36-30(23-42)28-16-19-43-33(28)22-32(36)41/h1,9-11,13-14,16,19-22,24,43H,7-8,12,15,17-18,23,42H2,2-5H3. The lowest BCUT2D eigenvalue weighted by atomic mass is 9.74. The van der Waals surface area contributed by atoms with E-state index in [1.54, 1.807) is 12.3 Å². The van der Waals surface area contributed by atoms with Gasteiger partial charge in [0, 0.05) is 63.5 Å². The van der Waals surface area contributed by atoms with Crippen molar-refractivity contribution in [2.45, 2.75) is 71.3 Å². The summed E-state index contributed by atoms with van der Waals surface area (Å²) in [5.74, 6) is 1.86. The van der Waals surface area contributed by atoms with Crippen LogP contribution in [0.15, 0.2) is 66.2 Å². The van der Waals surface area contributed by atoms with Gasteiger partial charge in [0.1, 0.15) is 16.6 Å². The van der Waals surface area contributed by atoms with Crippen LogP contribution in [0.5, 0.6) is 11.5 Å². The Morgan fingerprint density at radius 3 is 2.60 bits per heavy atom. The fourth-order valence-electron chi connectivity index (χ4n) is 5.99. The van der Waals surface area contributed by atoms with Gasteiger partial charge in [0.05, 0.1) is 12.8 Å². The van der Waals surface area contributed by atoms with Crippen LogP contribution in [-0.4, -0.2) is 23.0 Å². The van der Waals surface area contributed by atoms with Gasteiger partial charge in [0.15, 0.2) is 11.6 Å². The van der Waals surface area contributed by atoms with E-state index in [4.69, 9.17) is 26.6 Å². The van der Waals surface area contributed by atoms with Crippen LogP contribution in [0.1, 0.15) is 75.3 Å². The number of ether oxygens (including phenoxy) is 2. The average Bonchev–Trinajstić information content (AvgIpc) is 3.77. The predicted octanol–water partition coefficient (Wildman–Crippen LogP) is 9.45. The smallest absolute Gasteiger partial charge is 0.305 e. The molecule has 9 heteroatoms. The molecule has 0 bridgehead atoms. The van der Waals surface area contributed by atoms with Crippen molar-refractivity contribution >= 4 is 28.2 Å². The van der Waals surface area contributed by atoms with Crippen molar-refractivity contribution < 1.29 is 23.0 Å². The summed E-state index contributed by atoms with van der Waals surface area (Å²) in [6.07, 6.45) is 11.8. The van der Waals surface area contributed by atoms with Gasteiger partial charge < -0.3 is 20.2 Å². The number of aromatic nitrogens is 2. The zero-order valence-corrected chi connectivity index (χ0v) is 28.6. The largest absolute Gasteiger partial charge is 0.469 e. The van der Waals surface area contributed by atoms with Gasteiger partial charge in [0.25, 0.3) is 0 Å². The highest BCUT2D eigenvalue weighted by atomic mass is 32.1. The highest BCUT2D eigenvalue weighted by Crippen LogP contribution is 2.42. The van der Waals surface area contributed by atoms with Gasteiger partial charge in [-0.15, -0.1) is 23.7 Å². The third kappa shape index (κ3) is 7.61. The van der Waals surface area contributed by atoms with Crippen molar-refractivity contribution in [2.75, 3.05) is 7.11 Å². The summed E-state index contributed by atoms with van der Waals surface area (Å²) in [7, 11) is 1.39. The number of rotatable bonds is 14. The third-order valence-electron chi connectivity index (χ3n) is 9.06. The molecule has 5 aromatic rings. The van der Waals surface area contributed by atoms with Crippen LogP contribution in [0.3, 0.4) is 0 Å². The number of aromatic amines is 1. The number of hydrogen-bond donors (Lipinski definition) is 2. The van der Waals surface area contributed by atoms with Crippen molar-refractivity contribution in [3.05, 3.63) is 100 Å². The van der Waals surface area contributed by atoms with Gasteiger partial charge in [-0.2, -0.15) is 0 Å². The van der Waals surface area contributed by atoms with E-state index in [9.17, 15) is 4.79 Å². The zero-order valence-electron chi connectivity index (χ0n) is 27.8. The summed E-state index contributed by atoms with van der Waals surface area (Å²) in [6, 6.07) is 15.7. The number of aryl methyl sites for hydroxylation is 1. The molecule has 0 fully saturated rings. The molecule has 3 N–H and O–H groups in total. The van der Waals surface area contributed by atoms with Crippen molar-refractivity contribution in [2.24, 2.45) is 11.1 Å². The van der Waals surface area contributed by atoms with E-state index in [0.717, 1.165) is 47.9 Å². The van der Waals surface area contributed by atoms with Gasteiger partial charge in [0.2, 0.25) is 0 Å². The van der Waals surface area contributed by atoms with Gasteiger partial charge in [-0.25, -0.2) is 13.8 Å². The quantitative estimate of drug-likeness (QED) is 0.0699. The average molecular weight is 670 g/mol. The molecule has 0 saturated heterocycles. The van der Waals surface area contributed by atoms with Crippen LogP contribution in [0.4, 0.5) is 8.78 Å². The summed E-state index contributed by atoms with van der Waals surface area (Å²) < 4.78 is 41.4. The maximum Gasteiger partial charge on any atom is 0.305 e. The van der Waals surface area contributed by atoms with E-state index in [1.165, 1.54) is 36.6 Å². The minimum absolute atomic E-state index is 0.00894. The Kier molecular flexibility index (Phi) is 10.7. The number of benzene rings is 3. The molecule has 1 atom stereocenters. The Morgan fingerprint density at radius 2 is 1.85 bits per heavy atom. The number of methoxy groups -OCH3 is 1.